The van der Waals surface area contributed by atoms with Gasteiger partial charge in [-0.3, -0.25) is 0 Å². The lowest BCUT2D eigenvalue weighted by atomic mass is 10.0. The van der Waals surface area contributed by atoms with Gasteiger partial charge in [0.2, 0.25) is 0 Å². The van der Waals surface area contributed by atoms with Gasteiger partial charge in [0, 0.05) is 12.6 Å². The van der Waals surface area contributed by atoms with E-state index in [1.54, 1.807) is 0 Å². The second kappa shape index (κ2) is 6.41. The third kappa shape index (κ3) is 4.43. The minimum atomic E-state index is 0.397. The molecule has 0 bridgehead atoms. The smallest absolute Gasteiger partial charge is 0.0167 e. The van der Waals surface area contributed by atoms with Crippen molar-refractivity contribution in [3.05, 3.63) is 0 Å². The highest BCUT2D eigenvalue weighted by atomic mass is 15.1. The van der Waals surface area contributed by atoms with E-state index in [2.05, 4.69) is 18.7 Å². The van der Waals surface area contributed by atoms with Crippen LogP contribution >= 0.6 is 0 Å². The molecule has 0 aliphatic carbocycles. The third-order valence-electron chi connectivity index (χ3n) is 3.26. The lowest BCUT2D eigenvalue weighted by molar-refractivity contribution is 0.259. The molecule has 0 amide bonds. The fraction of sp³-hybridized carbons (Fsp3) is 1.00. The average molecular weight is 198 g/mol. The van der Waals surface area contributed by atoms with Crippen LogP contribution in [-0.4, -0.2) is 30.6 Å². The Morgan fingerprint density at radius 3 is 2.86 bits per heavy atom. The molecule has 2 atom stereocenters. The van der Waals surface area contributed by atoms with Gasteiger partial charge >= 0.3 is 0 Å². The molecule has 0 radical (unpaired) electrons. The fourth-order valence-electron chi connectivity index (χ4n) is 2.30. The second-order valence-electron chi connectivity index (χ2n) is 4.89. The molecule has 14 heavy (non-hydrogen) atoms. The highest BCUT2D eigenvalue weighted by molar-refractivity contribution is 4.72. The highest BCUT2D eigenvalue weighted by Gasteiger charge is 2.15. The first-order chi connectivity index (χ1) is 6.72. The molecule has 1 aliphatic rings. The summed E-state index contributed by atoms with van der Waals surface area (Å²) in [7, 11) is 0. The molecule has 0 saturated carbocycles. The largest absolute Gasteiger partial charge is 0.327 e. The van der Waals surface area contributed by atoms with Crippen molar-refractivity contribution < 1.29 is 0 Å². The van der Waals surface area contributed by atoms with Crippen molar-refractivity contribution in [1.82, 2.24) is 4.90 Å². The quantitative estimate of drug-likeness (QED) is 0.750. The maximum atomic E-state index is 6.06. The lowest BCUT2D eigenvalue weighted by Crippen LogP contribution is -2.38. The van der Waals surface area contributed by atoms with Crippen LogP contribution in [0.25, 0.3) is 0 Å². The summed E-state index contributed by atoms with van der Waals surface area (Å²) in [6.45, 7) is 8.22. The molecule has 1 fully saturated rings. The van der Waals surface area contributed by atoms with Crippen molar-refractivity contribution in [3.63, 3.8) is 0 Å². The van der Waals surface area contributed by atoms with Crippen LogP contribution in [0.15, 0.2) is 0 Å². The van der Waals surface area contributed by atoms with E-state index < -0.39 is 0 Å². The Kier molecular flexibility index (Phi) is 5.49. The maximum Gasteiger partial charge on any atom is 0.0167 e. The zero-order valence-corrected chi connectivity index (χ0v) is 9.84. The van der Waals surface area contributed by atoms with Gasteiger partial charge in [-0.25, -0.2) is 0 Å². The van der Waals surface area contributed by atoms with E-state index in [1.807, 2.05) is 0 Å². The molecule has 1 rings (SSSR count). The standard InChI is InChI=1S/C12H26N2/c1-3-5-12(13)10-14-8-4-6-11(2)7-9-14/h11-12H,3-10,13H2,1-2H3. The SMILES string of the molecule is CCCC(N)CN1CCCC(C)CC1. The predicted octanol–water partition coefficient (Wildman–Crippen LogP) is 2.24. The van der Waals surface area contributed by atoms with Gasteiger partial charge in [0.25, 0.3) is 0 Å². The minimum absolute atomic E-state index is 0.397. The number of hydrogen-bond donors (Lipinski definition) is 1. The summed E-state index contributed by atoms with van der Waals surface area (Å²) in [6, 6.07) is 0.397. The van der Waals surface area contributed by atoms with Crippen molar-refractivity contribution in [1.29, 1.82) is 0 Å². The first-order valence-electron chi connectivity index (χ1n) is 6.20. The Morgan fingerprint density at radius 1 is 1.36 bits per heavy atom. The Labute approximate surface area is 88.8 Å². The summed E-state index contributed by atoms with van der Waals surface area (Å²) in [4.78, 5) is 2.56. The van der Waals surface area contributed by atoms with Gasteiger partial charge in [-0.2, -0.15) is 0 Å². The summed E-state index contributed by atoms with van der Waals surface area (Å²) in [5, 5.41) is 0. The van der Waals surface area contributed by atoms with Gasteiger partial charge in [0.15, 0.2) is 0 Å². The Morgan fingerprint density at radius 2 is 2.14 bits per heavy atom. The van der Waals surface area contributed by atoms with E-state index in [1.165, 1.54) is 45.2 Å². The molecule has 0 aromatic heterocycles. The summed E-state index contributed by atoms with van der Waals surface area (Å²) in [6.07, 6.45) is 6.51. The van der Waals surface area contributed by atoms with Crippen LogP contribution < -0.4 is 5.73 Å². The normalized spacial score (nSPS) is 27.2. The molecule has 0 aromatic carbocycles. The third-order valence-corrected chi connectivity index (χ3v) is 3.26. The van der Waals surface area contributed by atoms with Gasteiger partial charge in [0.05, 0.1) is 0 Å². The van der Waals surface area contributed by atoms with Gasteiger partial charge < -0.3 is 10.6 Å². The molecule has 84 valence electrons. The Balaban J connectivity index is 2.22. The second-order valence-corrected chi connectivity index (χ2v) is 4.89. The van der Waals surface area contributed by atoms with Crippen LogP contribution in [0.2, 0.25) is 0 Å². The predicted molar refractivity (Wildman–Crippen MR) is 62.3 cm³/mol. The van der Waals surface area contributed by atoms with Crippen LogP contribution in [0.3, 0.4) is 0 Å². The monoisotopic (exact) mass is 198 g/mol. The molecule has 1 aliphatic heterocycles. The van der Waals surface area contributed by atoms with Gasteiger partial charge in [0.1, 0.15) is 0 Å². The first kappa shape index (κ1) is 12.0. The Bertz CT molecular complexity index is 147. The average Bonchev–Trinajstić information content (AvgIpc) is 2.32. The summed E-state index contributed by atoms with van der Waals surface area (Å²) < 4.78 is 0. The molecule has 1 saturated heterocycles. The van der Waals surface area contributed by atoms with Crippen LogP contribution in [-0.2, 0) is 0 Å². The van der Waals surface area contributed by atoms with Crippen LogP contribution in [0, 0.1) is 5.92 Å². The minimum Gasteiger partial charge on any atom is -0.327 e. The summed E-state index contributed by atoms with van der Waals surface area (Å²) in [5.74, 6) is 0.919. The van der Waals surface area contributed by atoms with E-state index in [9.17, 15) is 0 Å². The summed E-state index contributed by atoms with van der Waals surface area (Å²) in [5.41, 5.74) is 6.06. The molecule has 0 aromatic rings. The van der Waals surface area contributed by atoms with Crippen LogP contribution in [0.1, 0.15) is 46.0 Å². The Hall–Kier alpha value is -0.0800. The van der Waals surface area contributed by atoms with Crippen LogP contribution in [0.4, 0.5) is 0 Å². The maximum absolute atomic E-state index is 6.06. The van der Waals surface area contributed by atoms with E-state index in [4.69, 9.17) is 5.73 Å². The molecule has 2 unspecified atom stereocenters. The molecular weight excluding hydrogens is 172 g/mol. The van der Waals surface area contributed by atoms with E-state index >= 15 is 0 Å². The van der Waals surface area contributed by atoms with Crippen molar-refractivity contribution in [3.8, 4) is 0 Å². The first-order valence-corrected chi connectivity index (χ1v) is 6.20. The number of hydrogen-bond acceptors (Lipinski definition) is 2. The van der Waals surface area contributed by atoms with Crippen LogP contribution in [0.5, 0.6) is 0 Å². The lowest BCUT2D eigenvalue weighted by Gasteiger charge is -2.23. The molecular formula is C12H26N2. The number of likely N-dealkylation sites (tertiary alicyclic amines) is 1. The van der Waals surface area contributed by atoms with Gasteiger partial charge in [-0.15, -0.1) is 0 Å². The summed E-state index contributed by atoms with van der Waals surface area (Å²) >= 11 is 0. The topological polar surface area (TPSA) is 29.3 Å². The molecule has 2 nitrogen and oxygen atoms in total. The van der Waals surface area contributed by atoms with E-state index in [-0.39, 0.29) is 0 Å². The molecule has 1 heterocycles. The van der Waals surface area contributed by atoms with Crippen molar-refractivity contribution in [2.24, 2.45) is 11.7 Å². The van der Waals surface area contributed by atoms with Gasteiger partial charge in [-0.05, 0) is 44.7 Å². The van der Waals surface area contributed by atoms with Crippen molar-refractivity contribution in [2.45, 2.75) is 52.0 Å². The highest BCUT2D eigenvalue weighted by Crippen LogP contribution is 2.16. The van der Waals surface area contributed by atoms with Crippen molar-refractivity contribution in [2.75, 3.05) is 19.6 Å². The number of rotatable bonds is 4. The zero-order chi connectivity index (χ0) is 10.4. The van der Waals surface area contributed by atoms with Crippen molar-refractivity contribution >= 4 is 0 Å². The van der Waals surface area contributed by atoms with Gasteiger partial charge in [-0.1, -0.05) is 20.3 Å². The number of nitrogens with two attached hydrogens (primary N) is 1. The molecule has 2 heteroatoms. The van der Waals surface area contributed by atoms with E-state index in [0.29, 0.717) is 6.04 Å². The molecule has 0 spiro atoms. The zero-order valence-electron chi connectivity index (χ0n) is 9.84. The fourth-order valence-corrected chi connectivity index (χ4v) is 2.30. The molecule has 2 N–H and O–H groups in total. The number of nitrogens with zero attached hydrogens (tertiary/aromatic N) is 1. The van der Waals surface area contributed by atoms with E-state index in [0.717, 1.165) is 12.5 Å².